The summed E-state index contributed by atoms with van der Waals surface area (Å²) in [6, 6.07) is -0.502. The van der Waals surface area contributed by atoms with Gasteiger partial charge in [-0.25, -0.2) is 0 Å². The molecule has 1 atom stereocenters. The molecule has 16 heavy (non-hydrogen) atoms. The van der Waals surface area contributed by atoms with E-state index < -0.39 is 11.8 Å². The predicted octanol–water partition coefficient (Wildman–Crippen LogP) is 1.38. The molecule has 0 spiro atoms. The molecule has 0 aromatic heterocycles. The van der Waals surface area contributed by atoms with Gasteiger partial charge in [-0.2, -0.15) is 0 Å². The van der Waals surface area contributed by atoms with Crippen molar-refractivity contribution >= 4 is 5.97 Å². The third-order valence-electron chi connectivity index (χ3n) is 2.97. The molecule has 1 aliphatic rings. The van der Waals surface area contributed by atoms with Crippen LogP contribution in [0.3, 0.4) is 0 Å². The van der Waals surface area contributed by atoms with E-state index in [2.05, 4.69) is 20.8 Å². The smallest absolute Gasteiger partial charge is 0.327 e. The molecule has 94 valence electrons. The van der Waals surface area contributed by atoms with Crippen molar-refractivity contribution in [2.75, 3.05) is 13.2 Å². The Morgan fingerprint density at radius 1 is 1.44 bits per heavy atom. The SMILES string of the molecule is CC(C)(C)CCN1[C@@H](CO)C(=O)OC1(C)C. The number of carbonyl (C=O) groups is 1. The highest BCUT2D eigenvalue weighted by atomic mass is 16.6. The molecule has 4 heteroatoms. The lowest BCUT2D eigenvalue weighted by molar-refractivity contribution is -0.149. The Labute approximate surface area is 97.6 Å². The number of cyclic esters (lactones) is 1. The van der Waals surface area contributed by atoms with E-state index in [0.29, 0.717) is 0 Å². The van der Waals surface area contributed by atoms with Gasteiger partial charge in [0.1, 0.15) is 6.04 Å². The molecule has 0 bridgehead atoms. The quantitative estimate of drug-likeness (QED) is 0.743. The first-order valence-corrected chi connectivity index (χ1v) is 5.78. The summed E-state index contributed by atoms with van der Waals surface area (Å²) in [4.78, 5) is 13.5. The van der Waals surface area contributed by atoms with Crippen molar-refractivity contribution in [2.45, 2.75) is 52.8 Å². The highest BCUT2D eigenvalue weighted by molar-refractivity contribution is 5.78. The predicted molar refractivity (Wildman–Crippen MR) is 61.8 cm³/mol. The van der Waals surface area contributed by atoms with Crippen molar-refractivity contribution in [1.82, 2.24) is 4.90 Å². The van der Waals surface area contributed by atoms with Crippen LogP contribution >= 0.6 is 0 Å². The maximum atomic E-state index is 11.5. The van der Waals surface area contributed by atoms with Crippen LogP contribution in [0.2, 0.25) is 0 Å². The van der Waals surface area contributed by atoms with Gasteiger partial charge in [-0.1, -0.05) is 20.8 Å². The number of ether oxygens (including phenoxy) is 1. The van der Waals surface area contributed by atoms with Crippen LogP contribution in [0.4, 0.5) is 0 Å². The van der Waals surface area contributed by atoms with Gasteiger partial charge in [-0.3, -0.25) is 9.69 Å². The van der Waals surface area contributed by atoms with E-state index in [1.807, 2.05) is 18.7 Å². The maximum Gasteiger partial charge on any atom is 0.327 e. The lowest BCUT2D eigenvalue weighted by atomic mass is 9.91. The molecule has 0 unspecified atom stereocenters. The van der Waals surface area contributed by atoms with Crippen LogP contribution in [0.25, 0.3) is 0 Å². The fourth-order valence-electron chi connectivity index (χ4n) is 1.93. The normalized spacial score (nSPS) is 25.9. The van der Waals surface area contributed by atoms with Crippen LogP contribution in [-0.2, 0) is 9.53 Å². The van der Waals surface area contributed by atoms with Gasteiger partial charge in [0.2, 0.25) is 0 Å². The average molecular weight is 229 g/mol. The van der Waals surface area contributed by atoms with Gasteiger partial charge in [-0.05, 0) is 25.7 Å². The van der Waals surface area contributed by atoms with Gasteiger partial charge in [0.05, 0.1) is 6.61 Å². The van der Waals surface area contributed by atoms with E-state index in [0.717, 1.165) is 13.0 Å². The summed E-state index contributed by atoms with van der Waals surface area (Å²) in [5.74, 6) is -0.318. The summed E-state index contributed by atoms with van der Waals surface area (Å²) in [7, 11) is 0. The molecule has 1 fully saturated rings. The van der Waals surface area contributed by atoms with E-state index in [9.17, 15) is 9.90 Å². The molecule has 1 aliphatic heterocycles. The van der Waals surface area contributed by atoms with Crippen LogP contribution in [0.15, 0.2) is 0 Å². The van der Waals surface area contributed by atoms with E-state index in [1.54, 1.807) is 0 Å². The van der Waals surface area contributed by atoms with Gasteiger partial charge in [-0.15, -0.1) is 0 Å². The second kappa shape index (κ2) is 4.34. The minimum Gasteiger partial charge on any atom is -0.443 e. The fraction of sp³-hybridized carbons (Fsp3) is 0.917. The van der Waals surface area contributed by atoms with Gasteiger partial charge >= 0.3 is 5.97 Å². The number of hydrogen-bond acceptors (Lipinski definition) is 4. The van der Waals surface area contributed by atoms with Crippen LogP contribution in [0.5, 0.6) is 0 Å². The Bertz CT molecular complexity index is 268. The zero-order valence-corrected chi connectivity index (χ0v) is 10.9. The van der Waals surface area contributed by atoms with Crippen molar-refractivity contribution in [2.24, 2.45) is 5.41 Å². The standard InChI is InChI=1S/C12H23NO3/c1-11(2,3)6-7-13-9(8-14)10(15)16-12(13,4)5/h9,14H,6-8H2,1-5H3/t9-/m0/s1. The summed E-state index contributed by atoms with van der Waals surface area (Å²) in [6.45, 7) is 10.8. The van der Waals surface area contributed by atoms with Crippen molar-refractivity contribution in [3.63, 3.8) is 0 Å². The van der Waals surface area contributed by atoms with Crippen molar-refractivity contribution in [1.29, 1.82) is 0 Å². The molecule has 0 aromatic carbocycles. The topological polar surface area (TPSA) is 49.8 Å². The van der Waals surface area contributed by atoms with Crippen molar-refractivity contribution in [3.05, 3.63) is 0 Å². The summed E-state index contributed by atoms with van der Waals surface area (Å²) in [6.07, 6.45) is 0.962. The highest BCUT2D eigenvalue weighted by Crippen LogP contribution is 2.30. The Balaban J connectivity index is 2.71. The molecule has 0 saturated carbocycles. The molecule has 1 saturated heterocycles. The van der Waals surface area contributed by atoms with Crippen LogP contribution < -0.4 is 0 Å². The van der Waals surface area contributed by atoms with Crippen molar-refractivity contribution in [3.8, 4) is 0 Å². The number of carbonyl (C=O) groups excluding carboxylic acids is 1. The van der Waals surface area contributed by atoms with Crippen molar-refractivity contribution < 1.29 is 14.6 Å². The van der Waals surface area contributed by atoms with Crippen LogP contribution in [0, 0.1) is 5.41 Å². The van der Waals surface area contributed by atoms with E-state index >= 15 is 0 Å². The van der Waals surface area contributed by atoms with E-state index in [1.165, 1.54) is 0 Å². The molecule has 0 aromatic rings. The Kier molecular flexibility index (Phi) is 3.65. The lowest BCUT2D eigenvalue weighted by Gasteiger charge is -2.33. The summed E-state index contributed by atoms with van der Waals surface area (Å²) in [5.41, 5.74) is -0.391. The van der Waals surface area contributed by atoms with Crippen LogP contribution in [-0.4, -0.2) is 40.9 Å². The molecule has 0 radical (unpaired) electrons. The fourth-order valence-corrected chi connectivity index (χ4v) is 1.93. The lowest BCUT2D eigenvalue weighted by Crippen LogP contribution is -2.46. The maximum absolute atomic E-state index is 11.5. The second-order valence-corrected chi connectivity index (χ2v) is 6.07. The number of rotatable bonds is 3. The summed E-state index contributed by atoms with van der Waals surface area (Å²) in [5, 5.41) is 9.23. The number of hydrogen-bond donors (Lipinski definition) is 1. The number of esters is 1. The first kappa shape index (κ1) is 13.5. The summed E-state index contributed by atoms with van der Waals surface area (Å²) < 4.78 is 5.26. The largest absolute Gasteiger partial charge is 0.443 e. The minimum atomic E-state index is -0.601. The average Bonchev–Trinajstić information content (AvgIpc) is 2.29. The van der Waals surface area contributed by atoms with E-state index in [4.69, 9.17) is 4.74 Å². The first-order chi connectivity index (χ1) is 7.17. The third kappa shape index (κ3) is 2.95. The van der Waals surface area contributed by atoms with Gasteiger partial charge in [0.25, 0.3) is 0 Å². The van der Waals surface area contributed by atoms with Gasteiger partial charge < -0.3 is 9.84 Å². The van der Waals surface area contributed by atoms with Crippen LogP contribution in [0.1, 0.15) is 41.0 Å². The molecule has 0 aliphatic carbocycles. The monoisotopic (exact) mass is 229 g/mol. The Hall–Kier alpha value is -0.610. The third-order valence-corrected chi connectivity index (χ3v) is 2.97. The summed E-state index contributed by atoms with van der Waals surface area (Å²) >= 11 is 0. The number of aliphatic hydroxyl groups is 1. The molecule has 1 N–H and O–H groups in total. The van der Waals surface area contributed by atoms with Gasteiger partial charge in [0, 0.05) is 6.54 Å². The van der Waals surface area contributed by atoms with E-state index in [-0.39, 0.29) is 18.0 Å². The second-order valence-electron chi connectivity index (χ2n) is 6.07. The highest BCUT2D eigenvalue weighted by Gasteiger charge is 2.47. The zero-order chi connectivity index (χ0) is 12.6. The molecule has 1 rings (SSSR count). The Morgan fingerprint density at radius 3 is 2.44 bits per heavy atom. The number of aliphatic hydroxyl groups excluding tert-OH is 1. The first-order valence-electron chi connectivity index (χ1n) is 5.78. The Morgan fingerprint density at radius 2 is 2.00 bits per heavy atom. The molecular formula is C12H23NO3. The molecule has 4 nitrogen and oxygen atoms in total. The zero-order valence-electron chi connectivity index (χ0n) is 10.9. The minimum absolute atomic E-state index is 0.174. The molecular weight excluding hydrogens is 206 g/mol. The molecule has 1 heterocycles. The molecule has 0 amide bonds. The van der Waals surface area contributed by atoms with Gasteiger partial charge in [0.15, 0.2) is 5.72 Å². The number of nitrogens with zero attached hydrogens (tertiary/aromatic N) is 1.